The largest absolute Gasteiger partial charge is 0.351 e. The van der Waals surface area contributed by atoms with Crippen molar-refractivity contribution in [3.05, 3.63) is 35.4 Å². The van der Waals surface area contributed by atoms with Crippen molar-refractivity contribution in [2.24, 2.45) is 0 Å². The quantitative estimate of drug-likeness (QED) is 0.922. The number of benzene rings is 1. The van der Waals surface area contributed by atoms with Crippen LogP contribution in [-0.4, -0.2) is 34.8 Å². The number of hydrogen-bond donors (Lipinski definition) is 1. The van der Waals surface area contributed by atoms with Crippen LogP contribution in [0.15, 0.2) is 24.3 Å². The fourth-order valence-electron chi connectivity index (χ4n) is 4.08. The number of carbonyl (C=O) groups is 2. The molecule has 0 saturated heterocycles. The van der Waals surface area contributed by atoms with E-state index in [4.69, 9.17) is 0 Å². The zero-order valence-electron chi connectivity index (χ0n) is 14.8. The number of nitrogens with zero attached hydrogens (tertiary/aromatic N) is 1. The van der Waals surface area contributed by atoms with E-state index in [1.165, 1.54) is 19.3 Å². The van der Waals surface area contributed by atoms with Crippen molar-refractivity contribution in [1.29, 1.82) is 0 Å². The van der Waals surface area contributed by atoms with Crippen LogP contribution in [0.1, 0.15) is 68.3 Å². The normalized spacial score (nSPS) is 24.6. The summed E-state index contributed by atoms with van der Waals surface area (Å²) in [5.41, 5.74) is 0.934. The average Bonchev–Trinajstić information content (AvgIpc) is 2.59. The molecule has 3 rings (SSSR count). The second-order valence-corrected chi connectivity index (χ2v) is 7.37. The summed E-state index contributed by atoms with van der Waals surface area (Å²) in [7, 11) is 0. The predicted octanol–water partition coefficient (Wildman–Crippen LogP) is 3.30. The topological polar surface area (TPSA) is 49.4 Å². The Bertz CT molecular complexity index is 622. The molecule has 1 saturated carbocycles. The maximum Gasteiger partial charge on any atom is 0.255 e. The molecule has 1 aromatic carbocycles. The van der Waals surface area contributed by atoms with Crippen molar-refractivity contribution < 1.29 is 9.59 Å². The van der Waals surface area contributed by atoms with E-state index >= 15 is 0 Å². The molecule has 2 aliphatic rings. The van der Waals surface area contributed by atoms with E-state index < -0.39 is 5.54 Å². The first-order valence-electron chi connectivity index (χ1n) is 9.27. The Morgan fingerprint density at radius 2 is 1.96 bits per heavy atom. The molecule has 130 valence electrons. The highest BCUT2D eigenvalue weighted by atomic mass is 16.2. The first-order chi connectivity index (χ1) is 11.6. The van der Waals surface area contributed by atoms with Gasteiger partial charge in [0, 0.05) is 24.6 Å². The molecule has 4 heteroatoms. The fourth-order valence-corrected chi connectivity index (χ4v) is 4.08. The minimum absolute atomic E-state index is 0.00528. The molecule has 0 aromatic heterocycles. The monoisotopic (exact) mass is 328 g/mol. The van der Waals surface area contributed by atoms with Gasteiger partial charge in [-0.15, -0.1) is 0 Å². The molecule has 1 aliphatic heterocycles. The molecule has 1 heterocycles. The molecule has 0 unspecified atom stereocenters. The van der Waals surface area contributed by atoms with Gasteiger partial charge in [0.1, 0.15) is 5.54 Å². The maximum atomic E-state index is 13.1. The summed E-state index contributed by atoms with van der Waals surface area (Å²) in [6, 6.07) is 7.95. The van der Waals surface area contributed by atoms with Crippen LogP contribution in [0.25, 0.3) is 0 Å². The zero-order chi connectivity index (χ0) is 17.2. The van der Waals surface area contributed by atoms with Gasteiger partial charge in [-0.25, -0.2) is 0 Å². The Hall–Kier alpha value is -1.84. The van der Waals surface area contributed by atoms with Crippen molar-refractivity contribution in [3.8, 4) is 0 Å². The summed E-state index contributed by atoms with van der Waals surface area (Å²) in [4.78, 5) is 27.9. The summed E-state index contributed by atoms with van der Waals surface area (Å²) in [6.07, 6.45) is 7.18. The minimum atomic E-state index is -0.793. The van der Waals surface area contributed by atoms with Crippen LogP contribution in [0.4, 0.5) is 0 Å². The number of nitrogens with one attached hydrogen (secondary N) is 1. The van der Waals surface area contributed by atoms with Crippen molar-refractivity contribution in [2.45, 2.75) is 70.4 Å². The van der Waals surface area contributed by atoms with Gasteiger partial charge in [-0.2, -0.15) is 0 Å². The lowest BCUT2D eigenvalue weighted by Gasteiger charge is -2.44. The Balaban J connectivity index is 1.87. The van der Waals surface area contributed by atoms with Crippen molar-refractivity contribution in [3.63, 3.8) is 0 Å². The molecule has 0 spiro atoms. The smallest absolute Gasteiger partial charge is 0.255 e. The number of fused-ring (bicyclic) bond motifs is 1. The van der Waals surface area contributed by atoms with Gasteiger partial charge in [0.25, 0.3) is 5.91 Å². The Morgan fingerprint density at radius 3 is 2.67 bits per heavy atom. The molecule has 1 N–H and O–H groups in total. The van der Waals surface area contributed by atoms with E-state index in [1.807, 2.05) is 38.1 Å². The Labute approximate surface area is 144 Å². The second kappa shape index (κ2) is 6.96. The molecule has 4 nitrogen and oxygen atoms in total. The molecule has 1 aromatic rings. The fraction of sp³-hybridized carbons (Fsp3) is 0.600. The maximum absolute atomic E-state index is 13.1. The van der Waals surface area contributed by atoms with Crippen molar-refractivity contribution in [2.75, 3.05) is 6.54 Å². The SMILES string of the molecule is CCCN1C(=O)c2ccccc2C[C@@]1(C)C(=O)NC1CCCCC1. The third kappa shape index (κ3) is 3.06. The lowest BCUT2D eigenvalue weighted by atomic mass is 9.82. The zero-order valence-corrected chi connectivity index (χ0v) is 14.8. The third-order valence-corrected chi connectivity index (χ3v) is 5.50. The molecule has 24 heavy (non-hydrogen) atoms. The van der Waals surface area contributed by atoms with Crippen LogP contribution >= 0.6 is 0 Å². The van der Waals surface area contributed by atoms with Gasteiger partial charge < -0.3 is 10.2 Å². The molecule has 0 radical (unpaired) electrons. The Kier molecular flexibility index (Phi) is 4.93. The van der Waals surface area contributed by atoms with E-state index in [0.717, 1.165) is 30.4 Å². The highest BCUT2D eigenvalue weighted by molar-refractivity contribution is 6.02. The van der Waals surface area contributed by atoms with Crippen LogP contribution in [0.5, 0.6) is 0 Å². The number of rotatable bonds is 4. The van der Waals surface area contributed by atoms with Gasteiger partial charge in [0.15, 0.2) is 0 Å². The van der Waals surface area contributed by atoms with Crippen LogP contribution in [0.2, 0.25) is 0 Å². The van der Waals surface area contributed by atoms with E-state index in [9.17, 15) is 9.59 Å². The predicted molar refractivity (Wildman–Crippen MR) is 94.9 cm³/mol. The summed E-state index contributed by atoms with van der Waals surface area (Å²) < 4.78 is 0. The van der Waals surface area contributed by atoms with E-state index in [-0.39, 0.29) is 17.9 Å². The number of amides is 2. The molecule has 1 fully saturated rings. The molecule has 0 bridgehead atoms. The number of hydrogen-bond acceptors (Lipinski definition) is 2. The van der Waals surface area contributed by atoms with Gasteiger partial charge in [-0.1, -0.05) is 44.4 Å². The first-order valence-corrected chi connectivity index (χ1v) is 9.27. The highest BCUT2D eigenvalue weighted by Crippen LogP contribution is 2.32. The van der Waals surface area contributed by atoms with Crippen molar-refractivity contribution >= 4 is 11.8 Å². The molecule has 1 aliphatic carbocycles. The van der Waals surface area contributed by atoms with Gasteiger partial charge in [0.05, 0.1) is 0 Å². The molecular weight excluding hydrogens is 300 g/mol. The first kappa shape index (κ1) is 17.0. The van der Waals surface area contributed by atoms with Crippen LogP contribution in [-0.2, 0) is 11.2 Å². The van der Waals surface area contributed by atoms with E-state index in [2.05, 4.69) is 5.32 Å². The molecule has 1 atom stereocenters. The minimum Gasteiger partial charge on any atom is -0.351 e. The lowest BCUT2D eigenvalue weighted by Crippen LogP contribution is -2.63. The van der Waals surface area contributed by atoms with Crippen LogP contribution in [0.3, 0.4) is 0 Å². The van der Waals surface area contributed by atoms with Gasteiger partial charge in [-0.05, 0) is 37.8 Å². The summed E-state index contributed by atoms with van der Waals surface area (Å²) >= 11 is 0. The van der Waals surface area contributed by atoms with Gasteiger partial charge in [-0.3, -0.25) is 9.59 Å². The van der Waals surface area contributed by atoms with Crippen LogP contribution < -0.4 is 5.32 Å². The van der Waals surface area contributed by atoms with Crippen molar-refractivity contribution in [1.82, 2.24) is 10.2 Å². The summed E-state index contributed by atoms with van der Waals surface area (Å²) in [5.74, 6) is -0.00861. The average molecular weight is 328 g/mol. The standard InChI is InChI=1S/C20H28N2O2/c1-3-13-22-18(23)17-12-8-7-9-15(17)14-20(22,2)19(24)21-16-10-5-4-6-11-16/h7-9,12,16H,3-6,10-11,13-14H2,1-2H3,(H,21,24)/t20-/m0/s1. The van der Waals surface area contributed by atoms with Gasteiger partial charge in [0.2, 0.25) is 5.91 Å². The second-order valence-electron chi connectivity index (χ2n) is 7.37. The summed E-state index contributed by atoms with van der Waals surface area (Å²) in [6.45, 7) is 4.59. The number of carbonyl (C=O) groups excluding carboxylic acids is 2. The highest BCUT2D eigenvalue weighted by Gasteiger charge is 2.46. The lowest BCUT2D eigenvalue weighted by molar-refractivity contribution is -0.132. The third-order valence-electron chi connectivity index (χ3n) is 5.50. The van der Waals surface area contributed by atoms with Crippen LogP contribution in [0, 0.1) is 0 Å². The molecular formula is C20H28N2O2. The molecule has 2 amide bonds. The van der Waals surface area contributed by atoms with Gasteiger partial charge >= 0.3 is 0 Å². The Morgan fingerprint density at radius 1 is 1.25 bits per heavy atom. The van der Waals surface area contributed by atoms with E-state index in [0.29, 0.717) is 13.0 Å². The van der Waals surface area contributed by atoms with E-state index in [1.54, 1.807) is 4.90 Å². The summed E-state index contributed by atoms with van der Waals surface area (Å²) in [5, 5.41) is 3.24.